The lowest BCUT2D eigenvalue weighted by molar-refractivity contribution is 0.0203. The van der Waals surface area contributed by atoms with Crippen molar-refractivity contribution in [3.63, 3.8) is 0 Å². The van der Waals surface area contributed by atoms with Gasteiger partial charge in [-0.25, -0.2) is 4.99 Å². The molecule has 0 radical (unpaired) electrons. The van der Waals surface area contributed by atoms with E-state index in [1.807, 2.05) is 6.07 Å². The summed E-state index contributed by atoms with van der Waals surface area (Å²) in [4.78, 5) is 4.73. The number of nitrogens with zero attached hydrogens (tertiary/aromatic N) is 1. The number of benzene rings is 2. The molecule has 2 aromatic rings. The smallest absolute Gasteiger partial charge is 0.191 e. The summed E-state index contributed by atoms with van der Waals surface area (Å²) < 4.78 is 16.5. The minimum Gasteiger partial charge on any atom is -0.497 e. The zero-order valence-electron chi connectivity index (χ0n) is 18.7. The van der Waals surface area contributed by atoms with E-state index in [9.17, 15) is 0 Å². The standard InChI is InChI=1S/C24H35N3O3.HI/c1-3-25-24(26-11-4-12-30-18-19-9-13-29-14-10-19)27-17-20-5-6-22-16-23(28-2)8-7-21(22)15-20;/h5-8,15-16,19H,3-4,9-14,17-18H2,1-2H3,(H2,25,26,27);1H. The van der Waals surface area contributed by atoms with Crippen LogP contribution in [0.15, 0.2) is 41.4 Å². The quantitative estimate of drug-likeness (QED) is 0.203. The molecule has 1 saturated heterocycles. The fourth-order valence-corrected chi connectivity index (χ4v) is 3.55. The highest BCUT2D eigenvalue weighted by atomic mass is 127. The molecular weight excluding hydrogens is 505 g/mol. The van der Waals surface area contributed by atoms with Crippen LogP contribution in [0, 0.1) is 5.92 Å². The first kappa shape index (κ1) is 25.7. The van der Waals surface area contributed by atoms with Gasteiger partial charge in [-0.2, -0.15) is 0 Å². The molecule has 31 heavy (non-hydrogen) atoms. The van der Waals surface area contributed by atoms with E-state index in [4.69, 9.17) is 19.2 Å². The topological polar surface area (TPSA) is 64.1 Å². The van der Waals surface area contributed by atoms with Crippen molar-refractivity contribution < 1.29 is 14.2 Å². The highest BCUT2D eigenvalue weighted by Gasteiger charge is 2.13. The van der Waals surface area contributed by atoms with Gasteiger partial charge in [-0.15, -0.1) is 24.0 Å². The van der Waals surface area contributed by atoms with Crippen LogP contribution in [-0.2, 0) is 16.0 Å². The van der Waals surface area contributed by atoms with Crippen molar-refractivity contribution in [3.8, 4) is 5.75 Å². The number of aliphatic imine (C=N–C) groups is 1. The molecule has 0 unspecified atom stereocenters. The Labute approximate surface area is 203 Å². The van der Waals surface area contributed by atoms with E-state index in [1.54, 1.807) is 7.11 Å². The van der Waals surface area contributed by atoms with Gasteiger partial charge in [-0.3, -0.25) is 0 Å². The molecule has 6 nitrogen and oxygen atoms in total. The predicted octanol–water partition coefficient (Wildman–Crippen LogP) is 4.35. The van der Waals surface area contributed by atoms with E-state index in [0.29, 0.717) is 12.5 Å². The number of hydrogen-bond acceptors (Lipinski definition) is 4. The Kier molecular flexibility index (Phi) is 12.0. The minimum absolute atomic E-state index is 0. The van der Waals surface area contributed by atoms with Gasteiger partial charge in [0.25, 0.3) is 0 Å². The minimum atomic E-state index is 0. The van der Waals surface area contributed by atoms with Gasteiger partial charge in [0.2, 0.25) is 0 Å². The Hall–Kier alpha value is -1.58. The molecule has 172 valence electrons. The van der Waals surface area contributed by atoms with Crippen LogP contribution in [0.2, 0.25) is 0 Å². The maximum atomic E-state index is 5.84. The Bertz CT molecular complexity index is 810. The summed E-state index contributed by atoms with van der Waals surface area (Å²) in [7, 11) is 1.69. The van der Waals surface area contributed by atoms with Crippen molar-refractivity contribution in [1.82, 2.24) is 10.6 Å². The summed E-state index contributed by atoms with van der Waals surface area (Å²) >= 11 is 0. The molecule has 0 bridgehead atoms. The van der Waals surface area contributed by atoms with Crippen LogP contribution >= 0.6 is 24.0 Å². The molecule has 0 saturated carbocycles. The van der Waals surface area contributed by atoms with Gasteiger partial charge >= 0.3 is 0 Å². The molecular formula is C24H36IN3O3. The third kappa shape index (κ3) is 8.82. The Morgan fingerprint density at radius 2 is 1.87 bits per heavy atom. The summed E-state index contributed by atoms with van der Waals surface area (Å²) in [5.41, 5.74) is 1.18. The van der Waals surface area contributed by atoms with Crippen molar-refractivity contribution >= 4 is 40.7 Å². The van der Waals surface area contributed by atoms with E-state index in [0.717, 1.165) is 70.5 Å². The predicted molar refractivity (Wildman–Crippen MR) is 138 cm³/mol. The fourth-order valence-electron chi connectivity index (χ4n) is 3.55. The van der Waals surface area contributed by atoms with Crippen molar-refractivity contribution in [2.24, 2.45) is 10.9 Å². The van der Waals surface area contributed by atoms with E-state index < -0.39 is 0 Å². The zero-order chi connectivity index (χ0) is 21.0. The summed E-state index contributed by atoms with van der Waals surface area (Å²) in [6, 6.07) is 12.6. The molecule has 1 heterocycles. The van der Waals surface area contributed by atoms with Gasteiger partial charge in [0, 0.05) is 39.5 Å². The Morgan fingerprint density at radius 1 is 1.10 bits per heavy atom. The van der Waals surface area contributed by atoms with Crippen LogP contribution in [0.5, 0.6) is 5.75 Å². The lowest BCUT2D eigenvalue weighted by Gasteiger charge is -2.21. The van der Waals surface area contributed by atoms with E-state index in [-0.39, 0.29) is 24.0 Å². The number of methoxy groups -OCH3 is 1. The second-order valence-electron chi connectivity index (χ2n) is 7.65. The first-order chi connectivity index (χ1) is 14.8. The molecule has 0 atom stereocenters. The second kappa shape index (κ2) is 14.5. The van der Waals surface area contributed by atoms with E-state index in [2.05, 4.69) is 47.9 Å². The first-order valence-electron chi connectivity index (χ1n) is 11.0. The molecule has 2 N–H and O–H groups in total. The maximum absolute atomic E-state index is 5.84. The number of hydrogen-bond donors (Lipinski definition) is 2. The zero-order valence-corrected chi connectivity index (χ0v) is 21.0. The average Bonchev–Trinajstić information content (AvgIpc) is 2.79. The molecule has 1 fully saturated rings. The average molecular weight is 541 g/mol. The van der Waals surface area contributed by atoms with Crippen molar-refractivity contribution in [2.75, 3.05) is 46.6 Å². The van der Waals surface area contributed by atoms with Crippen LogP contribution < -0.4 is 15.4 Å². The van der Waals surface area contributed by atoms with E-state index >= 15 is 0 Å². The maximum Gasteiger partial charge on any atom is 0.191 e. The molecule has 7 heteroatoms. The number of rotatable bonds is 10. The fraction of sp³-hybridized carbons (Fsp3) is 0.542. The van der Waals surface area contributed by atoms with Gasteiger partial charge < -0.3 is 24.8 Å². The molecule has 0 aliphatic carbocycles. The molecule has 2 aromatic carbocycles. The summed E-state index contributed by atoms with van der Waals surface area (Å²) in [6.45, 7) is 7.78. The van der Waals surface area contributed by atoms with Crippen LogP contribution in [0.1, 0.15) is 31.7 Å². The summed E-state index contributed by atoms with van der Waals surface area (Å²) in [5, 5.41) is 9.09. The largest absolute Gasteiger partial charge is 0.497 e. The van der Waals surface area contributed by atoms with E-state index in [1.165, 1.54) is 16.3 Å². The highest BCUT2D eigenvalue weighted by Crippen LogP contribution is 2.22. The summed E-state index contributed by atoms with van der Waals surface area (Å²) in [5.74, 6) is 2.38. The third-order valence-corrected chi connectivity index (χ3v) is 5.33. The number of halogens is 1. The van der Waals surface area contributed by atoms with Crippen LogP contribution in [0.25, 0.3) is 10.8 Å². The lowest BCUT2D eigenvalue weighted by atomic mass is 10.0. The molecule has 0 amide bonds. The monoisotopic (exact) mass is 541 g/mol. The Morgan fingerprint density at radius 3 is 2.65 bits per heavy atom. The van der Waals surface area contributed by atoms with Gasteiger partial charge in [0.1, 0.15) is 5.75 Å². The normalized spacial score (nSPS) is 14.8. The van der Waals surface area contributed by atoms with Gasteiger partial charge in [0.05, 0.1) is 13.7 Å². The lowest BCUT2D eigenvalue weighted by Crippen LogP contribution is -2.38. The van der Waals surface area contributed by atoms with Gasteiger partial charge in [0.15, 0.2) is 5.96 Å². The van der Waals surface area contributed by atoms with Crippen LogP contribution in [0.3, 0.4) is 0 Å². The molecule has 1 aliphatic rings. The number of fused-ring (bicyclic) bond motifs is 1. The SMILES string of the molecule is CCNC(=NCc1ccc2cc(OC)ccc2c1)NCCCOCC1CCOCC1.I. The molecule has 3 rings (SSSR count). The van der Waals surface area contributed by atoms with Crippen molar-refractivity contribution in [3.05, 3.63) is 42.0 Å². The van der Waals surface area contributed by atoms with Gasteiger partial charge in [-0.1, -0.05) is 18.2 Å². The molecule has 1 aliphatic heterocycles. The molecule has 0 spiro atoms. The molecule has 0 aromatic heterocycles. The number of guanidine groups is 1. The number of ether oxygens (including phenoxy) is 3. The second-order valence-corrected chi connectivity index (χ2v) is 7.65. The Balaban J connectivity index is 0.00000341. The highest BCUT2D eigenvalue weighted by molar-refractivity contribution is 14.0. The van der Waals surface area contributed by atoms with Gasteiger partial charge in [-0.05, 0) is 66.6 Å². The summed E-state index contributed by atoms with van der Waals surface area (Å²) in [6.07, 6.45) is 3.21. The number of nitrogens with one attached hydrogen (secondary N) is 2. The third-order valence-electron chi connectivity index (χ3n) is 5.33. The van der Waals surface area contributed by atoms with Crippen molar-refractivity contribution in [2.45, 2.75) is 32.7 Å². The van der Waals surface area contributed by atoms with Crippen molar-refractivity contribution in [1.29, 1.82) is 0 Å². The van der Waals surface area contributed by atoms with Crippen LogP contribution in [0.4, 0.5) is 0 Å². The first-order valence-corrected chi connectivity index (χ1v) is 11.0. The van der Waals surface area contributed by atoms with Crippen LogP contribution in [-0.4, -0.2) is 52.6 Å².